The Morgan fingerprint density at radius 2 is 2.16 bits per heavy atom. The molecular formula is C22H26F2IN5O. The van der Waals surface area contributed by atoms with Crippen LogP contribution in [0, 0.1) is 18.6 Å². The highest BCUT2D eigenvalue weighted by molar-refractivity contribution is 14.0. The summed E-state index contributed by atoms with van der Waals surface area (Å²) in [5.74, 6) is 1.16. The highest BCUT2D eigenvalue weighted by Crippen LogP contribution is 2.26. The molecule has 3 aromatic rings. The van der Waals surface area contributed by atoms with Crippen LogP contribution in [0.4, 0.5) is 14.6 Å². The quantitative estimate of drug-likeness (QED) is 0.286. The molecule has 0 aliphatic carbocycles. The van der Waals surface area contributed by atoms with Gasteiger partial charge < -0.3 is 20.0 Å². The van der Waals surface area contributed by atoms with Crippen molar-refractivity contribution in [3.63, 3.8) is 0 Å². The average molecular weight is 541 g/mol. The molecule has 0 saturated carbocycles. The molecule has 1 atom stereocenters. The van der Waals surface area contributed by atoms with Crippen molar-refractivity contribution in [3.05, 3.63) is 59.5 Å². The highest BCUT2D eigenvalue weighted by Gasteiger charge is 2.26. The Kier molecular flexibility index (Phi) is 7.69. The van der Waals surface area contributed by atoms with Crippen molar-refractivity contribution in [2.24, 2.45) is 4.99 Å². The number of nitrogens with zero attached hydrogens (tertiary/aromatic N) is 3. The second-order valence-electron chi connectivity index (χ2n) is 7.37. The molecule has 1 aliphatic heterocycles. The molecule has 1 fully saturated rings. The number of benzene rings is 1. The number of aryl methyl sites for hydroxylation is 1. The maximum Gasteiger partial charge on any atom is 0.191 e. The van der Waals surface area contributed by atoms with Crippen molar-refractivity contribution in [2.45, 2.75) is 32.9 Å². The standard InChI is InChI=1S/C22H25F2N5O.HI/c1-3-25-22(27-12-20-14(2)17-11-15(23)6-7-19(17)30-20)28-16-8-10-29(13-16)21-18(24)5-4-9-26-21;/h4-7,9,11,16H,3,8,10,12-13H2,1-2H3,(H2,25,27,28);1H. The summed E-state index contributed by atoms with van der Waals surface area (Å²) in [5.41, 5.74) is 1.54. The van der Waals surface area contributed by atoms with Gasteiger partial charge in [0.25, 0.3) is 0 Å². The fraction of sp³-hybridized carbons (Fsp3) is 0.364. The minimum Gasteiger partial charge on any atom is -0.459 e. The Balaban J connectivity index is 0.00000272. The van der Waals surface area contributed by atoms with E-state index in [0.717, 1.165) is 23.9 Å². The predicted octanol–water partition coefficient (Wildman–Crippen LogP) is 4.37. The molecule has 0 bridgehead atoms. The molecule has 9 heteroatoms. The lowest BCUT2D eigenvalue weighted by molar-refractivity contribution is 0.545. The molecule has 0 radical (unpaired) electrons. The van der Waals surface area contributed by atoms with E-state index >= 15 is 0 Å². The second kappa shape index (κ2) is 10.3. The fourth-order valence-corrected chi connectivity index (χ4v) is 3.74. The SMILES string of the molecule is CCNC(=NCc1oc2ccc(F)cc2c1C)NC1CCN(c2ncccc2F)C1.I. The third kappa shape index (κ3) is 5.25. The van der Waals surface area contributed by atoms with Crippen LogP contribution in [-0.2, 0) is 6.54 Å². The first kappa shape index (κ1) is 23.2. The molecule has 3 heterocycles. The molecule has 31 heavy (non-hydrogen) atoms. The van der Waals surface area contributed by atoms with E-state index < -0.39 is 0 Å². The van der Waals surface area contributed by atoms with Gasteiger partial charge in [-0.25, -0.2) is 18.8 Å². The Labute approximate surface area is 197 Å². The van der Waals surface area contributed by atoms with Crippen molar-refractivity contribution in [1.82, 2.24) is 15.6 Å². The first-order valence-electron chi connectivity index (χ1n) is 10.1. The number of hydrogen-bond donors (Lipinski definition) is 2. The van der Waals surface area contributed by atoms with Gasteiger partial charge in [0.1, 0.15) is 23.7 Å². The molecule has 1 aliphatic rings. The number of hydrogen-bond acceptors (Lipinski definition) is 4. The molecule has 166 valence electrons. The van der Waals surface area contributed by atoms with E-state index in [1.165, 1.54) is 18.2 Å². The van der Waals surface area contributed by atoms with Crippen LogP contribution in [-0.4, -0.2) is 36.6 Å². The van der Waals surface area contributed by atoms with Crippen LogP contribution in [0.15, 0.2) is 45.9 Å². The monoisotopic (exact) mass is 541 g/mol. The molecule has 1 aromatic carbocycles. The van der Waals surface area contributed by atoms with Crippen LogP contribution in [0.3, 0.4) is 0 Å². The first-order chi connectivity index (χ1) is 14.5. The van der Waals surface area contributed by atoms with Gasteiger partial charge in [0.15, 0.2) is 17.6 Å². The maximum absolute atomic E-state index is 14.0. The smallest absolute Gasteiger partial charge is 0.191 e. The van der Waals surface area contributed by atoms with E-state index in [1.54, 1.807) is 18.3 Å². The number of furan rings is 1. The topological polar surface area (TPSA) is 65.7 Å². The molecule has 2 N–H and O–H groups in total. The molecule has 4 rings (SSSR count). The lowest BCUT2D eigenvalue weighted by Gasteiger charge is -2.19. The number of guanidine groups is 1. The zero-order valence-electron chi connectivity index (χ0n) is 17.5. The van der Waals surface area contributed by atoms with Crippen molar-refractivity contribution < 1.29 is 13.2 Å². The summed E-state index contributed by atoms with van der Waals surface area (Å²) in [4.78, 5) is 10.7. The van der Waals surface area contributed by atoms with E-state index in [0.29, 0.717) is 42.8 Å². The number of anilines is 1. The van der Waals surface area contributed by atoms with Gasteiger partial charge in [-0.3, -0.25) is 0 Å². The van der Waals surface area contributed by atoms with Crippen LogP contribution in [0.2, 0.25) is 0 Å². The zero-order chi connectivity index (χ0) is 21.1. The van der Waals surface area contributed by atoms with Crippen molar-refractivity contribution in [3.8, 4) is 0 Å². The van der Waals surface area contributed by atoms with Gasteiger partial charge in [-0.15, -0.1) is 24.0 Å². The average Bonchev–Trinajstić information content (AvgIpc) is 3.31. The number of aromatic nitrogens is 1. The van der Waals surface area contributed by atoms with Gasteiger partial charge in [-0.05, 0) is 50.6 Å². The van der Waals surface area contributed by atoms with E-state index in [1.807, 2.05) is 18.7 Å². The lowest BCUT2D eigenvalue weighted by atomic mass is 10.1. The Morgan fingerprint density at radius 3 is 2.94 bits per heavy atom. The summed E-state index contributed by atoms with van der Waals surface area (Å²) in [6, 6.07) is 7.65. The Bertz CT molecular complexity index is 1070. The van der Waals surface area contributed by atoms with E-state index in [2.05, 4.69) is 20.6 Å². The number of pyridine rings is 1. The van der Waals surface area contributed by atoms with Crippen LogP contribution < -0.4 is 15.5 Å². The Morgan fingerprint density at radius 1 is 1.32 bits per heavy atom. The minimum atomic E-state index is -0.310. The van der Waals surface area contributed by atoms with Gasteiger partial charge in [0.05, 0.1) is 0 Å². The summed E-state index contributed by atoms with van der Waals surface area (Å²) in [6.45, 7) is 6.31. The van der Waals surface area contributed by atoms with Gasteiger partial charge in [0.2, 0.25) is 0 Å². The highest BCUT2D eigenvalue weighted by atomic mass is 127. The minimum absolute atomic E-state index is 0. The maximum atomic E-state index is 14.0. The van der Waals surface area contributed by atoms with Gasteiger partial charge in [-0.2, -0.15) is 0 Å². The van der Waals surface area contributed by atoms with Crippen LogP contribution in [0.25, 0.3) is 11.0 Å². The Hall–Kier alpha value is -2.43. The largest absolute Gasteiger partial charge is 0.459 e. The zero-order valence-corrected chi connectivity index (χ0v) is 19.8. The van der Waals surface area contributed by atoms with E-state index in [9.17, 15) is 8.78 Å². The normalized spacial score (nSPS) is 16.5. The first-order valence-corrected chi connectivity index (χ1v) is 10.1. The lowest BCUT2D eigenvalue weighted by Crippen LogP contribution is -2.44. The van der Waals surface area contributed by atoms with Crippen LogP contribution in [0.1, 0.15) is 24.7 Å². The third-order valence-electron chi connectivity index (χ3n) is 5.29. The summed E-state index contributed by atoms with van der Waals surface area (Å²) >= 11 is 0. The van der Waals surface area contributed by atoms with Gasteiger partial charge in [-0.1, -0.05) is 0 Å². The summed E-state index contributed by atoms with van der Waals surface area (Å²) in [7, 11) is 0. The summed E-state index contributed by atoms with van der Waals surface area (Å²) in [5, 5.41) is 7.42. The fourth-order valence-electron chi connectivity index (χ4n) is 3.74. The van der Waals surface area contributed by atoms with E-state index in [-0.39, 0.29) is 41.7 Å². The van der Waals surface area contributed by atoms with Crippen molar-refractivity contribution in [1.29, 1.82) is 0 Å². The number of nitrogens with one attached hydrogen (secondary N) is 2. The van der Waals surface area contributed by atoms with Crippen molar-refractivity contribution >= 4 is 46.7 Å². The number of aliphatic imine (C=N–C) groups is 1. The molecule has 0 amide bonds. The summed E-state index contributed by atoms with van der Waals surface area (Å²) in [6.07, 6.45) is 2.45. The van der Waals surface area contributed by atoms with Gasteiger partial charge in [0, 0.05) is 42.8 Å². The van der Waals surface area contributed by atoms with Crippen molar-refractivity contribution in [2.75, 3.05) is 24.5 Å². The van der Waals surface area contributed by atoms with E-state index in [4.69, 9.17) is 4.42 Å². The van der Waals surface area contributed by atoms with Crippen LogP contribution in [0.5, 0.6) is 0 Å². The third-order valence-corrected chi connectivity index (χ3v) is 5.29. The molecule has 1 unspecified atom stereocenters. The molecule has 0 spiro atoms. The number of rotatable bonds is 5. The number of fused-ring (bicyclic) bond motifs is 1. The predicted molar refractivity (Wildman–Crippen MR) is 129 cm³/mol. The molecule has 2 aromatic heterocycles. The van der Waals surface area contributed by atoms with Gasteiger partial charge >= 0.3 is 0 Å². The molecule has 1 saturated heterocycles. The molecular weight excluding hydrogens is 515 g/mol. The number of halogens is 3. The van der Waals surface area contributed by atoms with Crippen LogP contribution >= 0.6 is 24.0 Å². The summed E-state index contributed by atoms with van der Waals surface area (Å²) < 4.78 is 33.4. The molecule has 6 nitrogen and oxygen atoms in total. The second-order valence-corrected chi connectivity index (χ2v) is 7.37.